The predicted molar refractivity (Wildman–Crippen MR) is 122 cm³/mol. The molecule has 0 aliphatic carbocycles. The lowest BCUT2D eigenvalue weighted by Crippen LogP contribution is -2.10. The van der Waals surface area contributed by atoms with Crippen LogP contribution in [-0.2, 0) is 6.61 Å². The Balaban J connectivity index is 1.36. The molecule has 0 saturated heterocycles. The van der Waals surface area contributed by atoms with Gasteiger partial charge in [-0.15, -0.1) is 0 Å². The van der Waals surface area contributed by atoms with E-state index in [1.54, 1.807) is 12.1 Å². The summed E-state index contributed by atoms with van der Waals surface area (Å²) in [6.07, 6.45) is 0. The van der Waals surface area contributed by atoms with Crippen LogP contribution in [0.1, 0.15) is 16.3 Å². The van der Waals surface area contributed by atoms with Crippen molar-refractivity contribution in [3.05, 3.63) is 106 Å². The average Bonchev–Trinajstić information content (AvgIpc) is 3.24. The molecule has 1 heterocycles. The van der Waals surface area contributed by atoms with E-state index in [1.165, 1.54) is 0 Å². The van der Waals surface area contributed by atoms with Crippen LogP contribution in [0.5, 0.6) is 5.75 Å². The molecule has 1 amide bonds. The zero-order chi connectivity index (χ0) is 20.1. The normalized spacial score (nSPS) is 10.5. The Kier molecular flexibility index (Phi) is 5.95. The molecule has 144 valence electrons. The smallest absolute Gasteiger partial charge is 0.291 e. The van der Waals surface area contributed by atoms with Crippen molar-refractivity contribution in [2.24, 2.45) is 0 Å². The van der Waals surface area contributed by atoms with E-state index in [9.17, 15) is 4.79 Å². The van der Waals surface area contributed by atoms with Gasteiger partial charge >= 0.3 is 0 Å². The SMILES string of the molecule is O=C(Nc1ccc(-c2ccccc2)cc1)c1ccc(COc2ccc(I)cc2)o1. The van der Waals surface area contributed by atoms with Gasteiger partial charge < -0.3 is 14.5 Å². The van der Waals surface area contributed by atoms with Crippen LogP contribution in [0.25, 0.3) is 11.1 Å². The van der Waals surface area contributed by atoms with E-state index in [1.807, 2.05) is 66.7 Å². The number of carbonyl (C=O) groups excluding carboxylic acids is 1. The molecule has 0 aliphatic rings. The zero-order valence-electron chi connectivity index (χ0n) is 15.5. The van der Waals surface area contributed by atoms with Gasteiger partial charge in [0.2, 0.25) is 0 Å². The quantitative estimate of drug-likeness (QED) is 0.316. The van der Waals surface area contributed by atoms with E-state index < -0.39 is 0 Å². The summed E-state index contributed by atoms with van der Waals surface area (Å²) < 4.78 is 12.4. The minimum Gasteiger partial charge on any atom is -0.486 e. The highest BCUT2D eigenvalue weighted by molar-refractivity contribution is 14.1. The Morgan fingerprint density at radius 3 is 2.24 bits per heavy atom. The summed E-state index contributed by atoms with van der Waals surface area (Å²) in [5.41, 5.74) is 2.94. The topological polar surface area (TPSA) is 51.5 Å². The summed E-state index contributed by atoms with van der Waals surface area (Å²) in [6.45, 7) is 0.264. The Morgan fingerprint density at radius 2 is 1.52 bits per heavy atom. The lowest BCUT2D eigenvalue weighted by atomic mass is 10.1. The van der Waals surface area contributed by atoms with Crippen molar-refractivity contribution >= 4 is 34.2 Å². The number of benzene rings is 3. The van der Waals surface area contributed by atoms with Gasteiger partial charge in [0.25, 0.3) is 5.91 Å². The van der Waals surface area contributed by atoms with E-state index in [2.05, 4.69) is 40.0 Å². The third kappa shape index (κ3) is 5.06. The molecule has 4 rings (SSSR count). The number of anilines is 1. The second kappa shape index (κ2) is 8.96. The van der Waals surface area contributed by atoms with E-state index >= 15 is 0 Å². The van der Waals surface area contributed by atoms with Crippen LogP contribution in [0.4, 0.5) is 5.69 Å². The van der Waals surface area contributed by atoms with Gasteiger partial charge in [-0.05, 0) is 82.2 Å². The van der Waals surface area contributed by atoms with Crippen molar-refractivity contribution in [3.8, 4) is 16.9 Å². The van der Waals surface area contributed by atoms with E-state index in [0.29, 0.717) is 11.4 Å². The van der Waals surface area contributed by atoms with Gasteiger partial charge in [0, 0.05) is 9.26 Å². The van der Waals surface area contributed by atoms with Crippen molar-refractivity contribution in [3.63, 3.8) is 0 Å². The second-order valence-corrected chi connectivity index (χ2v) is 7.65. The average molecular weight is 495 g/mol. The first-order valence-electron chi connectivity index (χ1n) is 9.11. The maximum atomic E-state index is 12.4. The first-order chi connectivity index (χ1) is 14.2. The van der Waals surface area contributed by atoms with Crippen LogP contribution in [-0.4, -0.2) is 5.91 Å². The largest absolute Gasteiger partial charge is 0.486 e. The lowest BCUT2D eigenvalue weighted by Gasteiger charge is -2.06. The Hall–Kier alpha value is -3.06. The molecule has 3 aromatic carbocycles. The molecule has 4 nitrogen and oxygen atoms in total. The summed E-state index contributed by atoms with van der Waals surface area (Å²) >= 11 is 2.24. The van der Waals surface area contributed by atoms with E-state index in [4.69, 9.17) is 9.15 Å². The summed E-state index contributed by atoms with van der Waals surface area (Å²) in [7, 11) is 0. The zero-order valence-corrected chi connectivity index (χ0v) is 17.6. The van der Waals surface area contributed by atoms with Crippen LogP contribution in [0.3, 0.4) is 0 Å². The number of furan rings is 1. The molecule has 0 spiro atoms. The highest BCUT2D eigenvalue weighted by atomic mass is 127. The highest BCUT2D eigenvalue weighted by Crippen LogP contribution is 2.22. The molecule has 4 aromatic rings. The number of nitrogens with one attached hydrogen (secondary N) is 1. The second-order valence-electron chi connectivity index (χ2n) is 6.41. The summed E-state index contributed by atoms with van der Waals surface area (Å²) in [4.78, 5) is 12.4. The lowest BCUT2D eigenvalue weighted by molar-refractivity contribution is 0.0992. The highest BCUT2D eigenvalue weighted by Gasteiger charge is 2.12. The molecule has 5 heteroatoms. The summed E-state index contributed by atoms with van der Waals surface area (Å²) in [6, 6.07) is 29.0. The molecule has 0 radical (unpaired) electrons. The van der Waals surface area contributed by atoms with Crippen LogP contribution in [0, 0.1) is 3.57 Å². The molecule has 0 fully saturated rings. The number of hydrogen-bond donors (Lipinski definition) is 1. The fraction of sp³-hybridized carbons (Fsp3) is 0.0417. The van der Waals surface area contributed by atoms with Crippen molar-refractivity contribution in [1.29, 1.82) is 0 Å². The molecule has 29 heavy (non-hydrogen) atoms. The van der Waals surface area contributed by atoms with Crippen molar-refractivity contribution < 1.29 is 13.9 Å². The van der Waals surface area contributed by atoms with Crippen LogP contribution in [0.2, 0.25) is 0 Å². The monoisotopic (exact) mass is 495 g/mol. The maximum Gasteiger partial charge on any atom is 0.291 e. The van der Waals surface area contributed by atoms with Gasteiger partial charge in [-0.2, -0.15) is 0 Å². The van der Waals surface area contributed by atoms with Gasteiger partial charge in [0.05, 0.1) is 0 Å². The maximum absolute atomic E-state index is 12.4. The molecule has 0 saturated carbocycles. The molecule has 0 atom stereocenters. The number of hydrogen-bond acceptors (Lipinski definition) is 3. The molecule has 1 N–H and O–H groups in total. The first-order valence-corrected chi connectivity index (χ1v) is 10.2. The standard InChI is InChI=1S/C24H18INO3/c25-19-8-12-21(13-9-19)28-16-22-14-15-23(29-22)24(27)26-20-10-6-18(7-11-20)17-4-2-1-3-5-17/h1-15H,16H2,(H,26,27). The minimum atomic E-state index is -0.294. The van der Waals surface area contributed by atoms with Gasteiger partial charge in [0.1, 0.15) is 18.1 Å². The van der Waals surface area contributed by atoms with Crippen LogP contribution < -0.4 is 10.1 Å². The van der Waals surface area contributed by atoms with Gasteiger partial charge in [-0.3, -0.25) is 4.79 Å². The minimum absolute atomic E-state index is 0.248. The predicted octanol–water partition coefficient (Wildman–Crippen LogP) is 6.38. The molecular weight excluding hydrogens is 477 g/mol. The Labute approximate surface area is 182 Å². The van der Waals surface area contributed by atoms with Crippen molar-refractivity contribution in [2.45, 2.75) is 6.61 Å². The molecular formula is C24H18INO3. The summed E-state index contributed by atoms with van der Waals surface area (Å²) in [5, 5.41) is 2.86. The van der Waals surface area contributed by atoms with Gasteiger partial charge in [-0.25, -0.2) is 0 Å². The van der Waals surface area contributed by atoms with Crippen LogP contribution >= 0.6 is 22.6 Å². The van der Waals surface area contributed by atoms with E-state index in [-0.39, 0.29) is 18.3 Å². The Bertz CT molecular complexity index is 1090. The van der Waals surface area contributed by atoms with Gasteiger partial charge in [-0.1, -0.05) is 42.5 Å². The summed E-state index contributed by atoms with van der Waals surface area (Å²) in [5.74, 6) is 1.30. The fourth-order valence-corrected chi connectivity index (χ4v) is 3.19. The molecule has 0 aliphatic heterocycles. The third-order valence-electron chi connectivity index (χ3n) is 4.33. The van der Waals surface area contributed by atoms with E-state index in [0.717, 1.165) is 20.4 Å². The van der Waals surface area contributed by atoms with Crippen molar-refractivity contribution in [2.75, 3.05) is 5.32 Å². The number of carbonyl (C=O) groups is 1. The third-order valence-corrected chi connectivity index (χ3v) is 5.05. The van der Waals surface area contributed by atoms with Crippen LogP contribution in [0.15, 0.2) is 95.4 Å². The number of ether oxygens (including phenoxy) is 1. The molecule has 0 bridgehead atoms. The van der Waals surface area contributed by atoms with Crippen molar-refractivity contribution in [1.82, 2.24) is 0 Å². The molecule has 0 unspecified atom stereocenters. The first kappa shape index (κ1) is 19.3. The number of amides is 1. The fourth-order valence-electron chi connectivity index (χ4n) is 2.83. The number of rotatable bonds is 6. The van der Waals surface area contributed by atoms with Gasteiger partial charge in [0.15, 0.2) is 5.76 Å². The number of halogens is 1. The molecule has 1 aromatic heterocycles. The Morgan fingerprint density at radius 1 is 0.828 bits per heavy atom.